The van der Waals surface area contributed by atoms with Crippen LogP contribution in [0.15, 0.2) is 6.20 Å². The first-order valence-corrected chi connectivity index (χ1v) is 7.07. The summed E-state index contributed by atoms with van der Waals surface area (Å²) in [5.41, 5.74) is 0.235. The minimum atomic E-state index is -0.568. The highest BCUT2D eigenvalue weighted by molar-refractivity contribution is 4.89. The fraction of sp³-hybridized carbons (Fsp3) is 0.857. The first-order chi connectivity index (χ1) is 10.0. The predicted molar refractivity (Wildman–Crippen MR) is 76.3 cm³/mol. The molecule has 0 atom stereocenters. The molecule has 0 saturated carbocycles. The van der Waals surface area contributed by atoms with Gasteiger partial charge in [-0.05, 0) is 26.7 Å². The normalized spacial score (nSPS) is 12.7. The van der Waals surface area contributed by atoms with E-state index in [0.717, 1.165) is 37.9 Å². The van der Waals surface area contributed by atoms with Gasteiger partial charge in [-0.25, -0.2) is 0 Å². The van der Waals surface area contributed by atoms with Gasteiger partial charge in [-0.1, -0.05) is 18.1 Å². The molecule has 6 heteroatoms. The zero-order chi connectivity index (χ0) is 15.6. The highest BCUT2D eigenvalue weighted by Crippen LogP contribution is 2.13. The Labute approximate surface area is 122 Å². The van der Waals surface area contributed by atoms with Crippen molar-refractivity contribution in [1.82, 2.24) is 15.0 Å². The molecule has 1 aromatic rings. The number of rotatable bonds is 11. The molecule has 0 aliphatic carbocycles. The van der Waals surface area contributed by atoms with Gasteiger partial charge in [0.2, 0.25) is 0 Å². The Hall–Kier alpha value is -0.980. The van der Waals surface area contributed by atoms with Crippen LogP contribution in [0.5, 0.6) is 0 Å². The summed E-state index contributed by atoms with van der Waals surface area (Å²) in [6.07, 6.45) is 5.83. The minimum absolute atomic E-state index is 0.0347. The van der Waals surface area contributed by atoms with Gasteiger partial charge in [-0.2, -0.15) is 0 Å². The summed E-state index contributed by atoms with van der Waals surface area (Å²) in [5.74, 6) is 0. The monoisotopic (exact) mass is 286 g/mol. The number of hydrogen-bond acceptors (Lipinski definition) is 5. The molecule has 1 aromatic heterocycles. The van der Waals surface area contributed by atoms with Gasteiger partial charge in [0.05, 0.1) is 33.0 Å². The number of ether oxygens (including phenoxy) is 2. The standard InChI is InChI=1S/C14H27N3O3/c1-14(2,18)7-5-4-6-8-17-11-13(15-16-17)12-20-10-9-19-3/h11,18H,4-10,12H2,1-3H3/i3D. The van der Waals surface area contributed by atoms with Crippen molar-refractivity contribution < 1.29 is 16.0 Å². The molecule has 6 nitrogen and oxygen atoms in total. The maximum Gasteiger partial charge on any atom is 0.108 e. The van der Waals surface area contributed by atoms with E-state index >= 15 is 0 Å². The van der Waals surface area contributed by atoms with Crippen molar-refractivity contribution in [2.45, 2.75) is 58.3 Å². The maximum absolute atomic E-state index is 9.61. The third-order valence-corrected chi connectivity index (χ3v) is 2.88. The molecule has 0 radical (unpaired) electrons. The van der Waals surface area contributed by atoms with E-state index in [1.807, 2.05) is 24.7 Å². The van der Waals surface area contributed by atoms with Crippen molar-refractivity contribution in [3.05, 3.63) is 11.9 Å². The lowest BCUT2D eigenvalue weighted by molar-refractivity contribution is 0.0601. The van der Waals surface area contributed by atoms with Gasteiger partial charge < -0.3 is 14.6 Å². The second-order valence-electron chi connectivity index (χ2n) is 5.56. The van der Waals surface area contributed by atoms with E-state index in [1.54, 1.807) is 0 Å². The van der Waals surface area contributed by atoms with Crippen LogP contribution < -0.4 is 0 Å². The zero-order valence-electron chi connectivity index (χ0n) is 13.5. The fourth-order valence-corrected chi connectivity index (χ4v) is 1.82. The Bertz CT molecular complexity index is 380. The summed E-state index contributed by atoms with van der Waals surface area (Å²) in [4.78, 5) is 0. The van der Waals surface area contributed by atoms with Crippen LogP contribution in [0.25, 0.3) is 0 Å². The van der Waals surface area contributed by atoms with Gasteiger partial charge in [0.15, 0.2) is 0 Å². The maximum atomic E-state index is 9.61. The van der Waals surface area contributed by atoms with Crippen molar-refractivity contribution in [3.8, 4) is 0 Å². The second-order valence-corrected chi connectivity index (χ2v) is 5.56. The van der Waals surface area contributed by atoms with Crippen molar-refractivity contribution in [2.75, 3.05) is 20.3 Å². The Balaban J connectivity index is 2.08. The van der Waals surface area contributed by atoms with Gasteiger partial charge in [-0.3, -0.25) is 4.68 Å². The van der Waals surface area contributed by atoms with Crippen molar-refractivity contribution in [1.29, 1.82) is 0 Å². The van der Waals surface area contributed by atoms with Crippen molar-refractivity contribution in [3.63, 3.8) is 0 Å². The van der Waals surface area contributed by atoms with Gasteiger partial charge >= 0.3 is 0 Å². The molecule has 0 aliphatic heterocycles. The van der Waals surface area contributed by atoms with E-state index in [9.17, 15) is 5.11 Å². The smallest absolute Gasteiger partial charge is 0.108 e. The topological polar surface area (TPSA) is 69.4 Å². The van der Waals surface area contributed by atoms with Gasteiger partial charge in [0.1, 0.15) is 5.69 Å². The van der Waals surface area contributed by atoms with Crippen molar-refractivity contribution in [2.24, 2.45) is 0 Å². The average Bonchev–Trinajstić information content (AvgIpc) is 2.85. The number of aryl methyl sites for hydroxylation is 1. The number of aliphatic hydroxyl groups is 1. The van der Waals surface area contributed by atoms with Crippen LogP contribution >= 0.6 is 0 Å². The van der Waals surface area contributed by atoms with Gasteiger partial charge in [0, 0.05) is 13.6 Å². The largest absolute Gasteiger partial charge is 0.390 e. The molecule has 0 fully saturated rings. The summed E-state index contributed by atoms with van der Waals surface area (Å²) in [5, 5.41) is 17.7. The fourth-order valence-electron chi connectivity index (χ4n) is 1.82. The lowest BCUT2D eigenvalue weighted by Crippen LogP contribution is -2.17. The molecule has 1 rings (SSSR count). The SMILES string of the molecule is [2H]COCCOCc1cn(CCCCCC(C)(C)O)nn1. The lowest BCUT2D eigenvalue weighted by Gasteiger charge is -2.16. The van der Waals surface area contributed by atoms with Crippen LogP contribution in [0.4, 0.5) is 0 Å². The third kappa shape index (κ3) is 8.24. The molecular formula is C14H27N3O3. The Morgan fingerprint density at radius 2 is 2.20 bits per heavy atom. The van der Waals surface area contributed by atoms with Crippen LogP contribution in [-0.4, -0.2) is 46.0 Å². The summed E-state index contributed by atoms with van der Waals surface area (Å²) in [7, 11) is -0.0347. The highest BCUT2D eigenvalue weighted by atomic mass is 16.5. The first-order valence-electron chi connectivity index (χ1n) is 7.78. The van der Waals surface area contributed by atoms with Gasteiger partial charge in [-0.15, -0.1) is 5.10 Å². The molecule has 0 unspecified atom stereocenters. The van der Waals surface area contributed by atoms with Crippen molar-refractivity contribution >= 4 is 0 Å². The van der Waals surface area contributed by atoms with Crippen LogP contribution in [-0.2, 0) is 22.6 Å². The molecule has 1 heterocycles. The quantitative estimate of drug-likeness (QED) is 0.628. The van der Waals surface area contributed by atoms with E-state index in [1.165, 1.54) is 0 Å². The molecule has 0 bridgehead atoms. The minimum Gasteiger partial charge on any atom is -0.390 e. The number of hydrogen-bond donors (Lipinski definition) is 1. The summed E-state index contributed by atoms with van der Waals surface area (Å²) >= 11 is 0. The summed E-state index contributed by atoms with van der Waals surface area (Å²) in [6, 6.07) is 0. The molecular weight excluding hydrogens is 258 g/mol. The second kappa shape index (κ2) is 9.05. The summed E-state index contributed by atoms with van der Waals surface area (Å²) in [6.45, 7) is 5.82. The third-order valence-electron chi connectivity index (χ3n) is 2.88. The van der Waals surface area contributed by atoms with E-state index in [-0.39, 0.29) is 7.09 Å². The van der Waals surface area contributed by atoms with Crippen LogP contribution in [0.2, 0.25) is 0 Å². The molecule has 20 heavy (non-hydrogen) atoms. The predicted octanol–water partition coefficient (Wildman–Crippen LogP) is 1.77. The molecule has 0 spiro atoms. The number of unbranched alkanes of at least 4 members (excludes halogenated alkanes) is 2. The molecule has 0 aromatic carbocycles. The van der Waals surface area contributed by atoms with E-state index in [2.05, 4.69) is 10.3 Å². The number of nitrogens with zero attached hydrogens (tertiary/aromatic N) is 3. The van der Waals surface area contributed by atoms with E-state index in [0.29, 0.717) is 19.8 Å². The van der Waals surface area contributed by atoms with E-state index in [4.69, 9.17) is 10.8 Å². The Morgan fingerprint density at radius 3 is 2.95 bits per heavy atom. The Kier molecular flexibility index (Phi) is 6.97. The first kappa shape index (κ1) is 15.4. The Morgan fingerprint density at radius 1 is 1.35 bits per heavy atom. The number of aromatic nitrogens is 3. The van der Waals surface area contributed by atoms with Crippen LogP contribution in [0, 0.1) is 0 Å². The highest BCUT2D eigenvalue weighted by Gasteiger charge is 2.10. The average molecular weight is 286 g/mol. The van der Waals surface area contributed by atoms with E-state index < -0.39 is 5.60 Å². The molecule has 116 valence electrons. The van der Waals surface area contributed by atoms with Crippen LogP contribution in [0.3, 0.4) is 0 Å². The molecule has 0 aliphatic rings. The van der Waals surface area contributed by atoms with Crippen LogP contribution in [0.1, 0.15) is 46.6 Å². The summed E-state index contributed by atoms with van der Waals surface area (Å²) < 4.78 is 18.9. The van der Waals surface area contributed by atoms with Gasteiger partial charge in [0.25, 0.3) is 0 Å². The lowest BCUT2D eigenvalue weighted by atomic mass is 10.0. The molecule has 1 N–H and O–H groups in total. The molecule has 0 amide bonds. The number of methoxy groups -OCH3 is 1. The molecule has 0 saturated heterocycles. The zero-order valence-corrected chi connectivity index (χ0v) is 12.5.